The molecule has 0 spiro atoms. The molecule has 1 aliphatic rings. The summed E-state index contributed by atoms with van der Waals surface area (Å²) in [5.41, 5.74) is 2.58. The molecule has 0 fully saturated rings. The number of carboxylic acid groups (broad SMARTS) is 1. The van der Waals surface area contributed by atoms with Crippen LogP contribution in [-0.4, -0.2) is 16.9 Å². The van der Waals surface area contributed by atoms with Crippen LogP contribution in [0.25, 0.3) is 0 Å². The SMILES string of the molecule is O=C1C=C(Nc2ccccc2C(=O)O)CC(c2ccccc2)C1. The molecule has 4 nitrogen and oxygen atoms in total. The molecule has 23 heavy (non-hydrogen) atoms. The van der Waals surface area contributed by atoms with Gasteiger partial charge in [-0.05, 0) is 30.0 Å². The van der Waals surface area contributed by atoms with E-state index in [9.17, 15) is 14.7 Å². The second-order valence-electron chi connectivity index (χ2n) is 5.63. The van der Waals surface area contributed by atoms with Crippen LogP contribution in [0.1, 0.15) is 34.7 Å². The zero-order chi connectivity index (χ0) is 16.2. The van der Waals surface area contributed by atoms with Gasteiger partial charge in [-0.2, -0.15) is 0 Å². The average molecular weight is 307 g/mol. The van der Waals surface area contributed by atoms with Crippen LogP contribution in [0.5, 0.6) is 0 Å². The van der Waals surface area contributed by atoms with Gasteiger partial charge < -0.3 is 10.4 Å². The molecule has 0 saturated heterocycles. The maximum Gasteiger partial charge on any atom is 0.337 e. The number of carbonyl (C=O) groups is 2. The number of benzene rings is 2. The molecular weight excluding hydrogens is 290 g/mol. The third kappa shape index (κ3) is 3.48. The Bertz CT molecular complexity index is 765. The Hall–Kier alpha value is -2.88. The Balaban J connectivity index is 1.83. The lowest BCUT2D eigenvalue weighted by Crippen LogP contribution is -2.17. The topological polar surface area (TPSA) is 66.4 Å². The number of ketones is 1. The van der Waals surface area contributed by atoms with Crippen molar-refractivity contribution in [2.45, 2.75) is 18.8 Å². The maximum absolute atomic E-state index is 12.0. The van der Waals surface area contributed by atoms with Gasteiger partial charge in [0.2, 0.25) is 0 Å². The fraction of sp³-hybridized carbons (Fsp3) is 0.158. The van der Waals surface area contributed by atoms with E-state index in [0.29, 0.717) is 18.5 Å². The van der Waals surface area contributed by atoms with Crippen molar-refractivity contribution in [1.82, 2.24) is 0 Å². The van der Waals surface area contributed by atoms with Crippen molar-refractivity contribution < 1.29 is 14.7 Å². The Kier molecular flexibility index (Phi) is 4.24. The number of para-hydroxylation sites is 1. The molecule has 2 aromatic carbocycles. The molecule has 0 saturated carbocycles. The molecule has 116 valence electrons. The summed E-state index contributed by atoms with van der Waals surface area (Å²) in [7, 11) is 0. The highest BCUT2D eigenvalue weighted by molar-refractivity contribution is 5.96. The summed E-state index contributed by atoms with van der Waals surface area (Å²) >= 11 is 0. The van der Waals surface area contributed by atoms with Gasteiger partial charge in [0.15, 0.2) is 5.78 Å². The molecule has 2 N–H and O–H groups in total. The van der Waals surface area contributed by atoms with Gasteiger partial charge in [0, 0.05) is 18.2 Å². The van der Waals surface area contributed by atoms with Gasteiger partial charge in [-0.15, -0.1) is 0 Å². The van der Waals surface area contributed by atoms with Gasteiger partial charge in [-0.3, -0.25) is 4.79 Å². The zero-order valence-corrected chi connectivity index (χ0v) is 12.5. The van der Waals surface area contributed by atoms with Crippen LogP contribution >= 0.6 is 0 Å². The molecule has 3 rings (SSSR count). The Morgan fingerprint density at radius 2 is 1.70 bits per heavy atom. The number of nitrogens with one attached hydrogen (secondary N) is 1. The summed E-state index contributed by atoms with van der Waals surface area (Å²) in [5.74, 6) is -0.816. The Morgan fingerprint density at radius 1 is 1.00 bits per heavy atom. The summed E-state index contributed by atoms with van der Waals surface area (Å²) in [6.45, 7) is 0. The number of rotatable bonds is 4. The van der Waals surface area contributed by atoms with E-state index in [0.717, 1.165) is 11.3 Å². The molecular formula is C19H17NO3. The van der Waals surface area contributed by atoms with Crippen molar-refractivity contribution in [3.05, 3.63) is 77.5 Å². The van der Waals surface area contributed by atoms with E-state index in [1.54, 1.807) is 30.3 Å². The number of anilines is 1. The highest BCUT2D eigenvalue weighted by Crippen LogP contribution is 2.32. The van der Waals surface area contributed by atoms with E-state index in [2.05, 4.69) is 5.32 Å². The van der Waals surface area contributed by atoms with Crippen LogP contribution in [0.2, 0.25) is 0 Å². The zero-order valence-electron chi connectivity index (χ0n) is 12.5. The highest BCUT2D eigenvalue weighted by Gasteiger charge is 2.23. The number of carbonyl (C=O) groups excluding carboxylic acids is 1. The van der Waals surface area contributed by atoms with Gasteiger partial charge in [0.1, 0.15) is 0 Å². The van der Waals surface area contributed by atoms with E-state index in [1.807, 2.05) is 30.3 Å². The van der Waals surface area contributed by atoms with E-state index >= 15 is 0 Å². The summed E-state index contributed by atoms with van der Waals surface area (Å²) < 4.78 is 0. The van der Waals surface area contributed by atoms with Gasteiger partial charge in [0.05, 0.1) is 11.3 Å². The minimum absolute atomic E-state index is 0.0559. The first-order valence-corrected chi connectivity index (χ1v) is 7.51. The van der Waals surface area contributed by atoms with Crippen LogP contribution in [0, 0.1) is 0 Å². The first-order chi connectivity index (χ1) is 11.1. The second-order valence-corrected chi connectivity index (χ2v) is 5.63. The minimum Gasteiger partial charge on any atom is -0.478 e. The molecule has 0 radical (unpaired) electrons. The second kappa shape index (κ2) is 6.48. The molecule has 0 bridgehead atoms. The van der Waals surface area contributed by atoms with Crippen LogP contribution in [0.4, 0.5) is 5.69 Å². The number of aromatic carboxylic acids is 1. The van der Waals surface area contributed by atoms with Crippen molar-refractivity contribution in [1.29, 1.82) is 0 Å². The normalized spacial score (nSPS) is 17.5. The molecule has 1 atom stereocenters. The fourth-order valence-corrected chi connectivity index (χ4v) is 2.89. The summed E-state index contributed by atoms with van der Waals surface area (Å²) in [6.07, 6.45) is 2.75. The smallest absolute Gasteiger partial charge is 0.337 e. The lowest BCUT2D eigenvalue weighted by molar-refractivity contribution is -0.115. The molecule has 0 heterocycles. The molecule has 2 aromatic rings. The quantitative estimate of drug-likeness (QED) is 0.901. The first kappa shape index (κ1) is 15.0. The average Bonchev–Trinajstić information content (AvgIpc) is 2.55. The summed E-state index contributed by atoms with van der Waals surface area (Å²) in [4.78, 5) is 23.3. The van der Waals surface area contributed by atoms with Crippen molar-refractivity contribution in [2.24, 2.45) is 0 Å². The molecule has 0 aliphatic heterocycles. The highest BCUT2D eigenvalue weighted by atomic mass is 16.4. The first-order valence-electron chi connectivity index (χ1n) is 7.51. The predicted molar refractivity (Wildman–Crippen MR) is 88.5 cm³/mol. The van der Waals surface area contributed by atoms with Crippen LogP contribution in [0.15, 0.2) is 66.4 Å². The van der Waals surface area contributed by atoms with E-state index in [-0.39, 0.29) is 17.3 Å². The fourth-order valence-electron chi connectivity index (χ4n) is 2.89. The monoisotopic (exact) mass is 307 g/mol. The lowest BCUT2D eigenvalue weighted by Gasteiger charge is -2.24. The molecule has 1 aliphatic carbocycles. The number of hydrogen-bond acceptors (Lipinski definition) is 3. The van der Waals surface area contributed by atoms with Gasteiger partial charge in [0.25, 0.3) is 0 Å². The van der Waals surface area contributed by atoms with Crippen LogP contribution in [-0.2, 0) is 4.79 Å². The van der Waals surface area contributed by atoms with Crippen molar-refractivity contribution >= 4 is 17.4 Å². The summed E-state index contributed by atoms with van der Waals surface area (Å²) in [5, 5.41) is 12.4. The third-order valence-electron chi connectivity index (χ3n) is 3.97. The molecule has 0 aromatic heterocycles. The number of allylic oxidation sites excluding steroid dienone is 2. The third-order valence-corrected chi connectivity index (χ3v) is 3.97. The molecule has 0 amide bonds. The largest absolute Gasteiger partial charge is 0.478 e. The van der Waals surface area contributed by atoms with Crippen LogP contribution < -0.4 is 5.32 Å². The lowest BCUT2D eigenvalue weighted by atomic mass is 9.85. The van der Waals surface area contributed by atoms with E-state index < -0.39 is 5.97 Å². The number of hydrogen-bond donors (Lipinski definition) is 2. The Labute approximate surface area is 134 Å². The van der Waals surface area contributed by atoms with Gasteiger partial charge in [-0.25, -0.2) is 4.79 Å². The van der Waals surface area contributed by atoms with Crippen molar-refractivity contribution in [3.63, 3.8) is 0 Å². The van der Waals surface area contributed by atoms with E-state index in [1.165, 1.54) is 0 Å². The minimum atomic E-state index is -0.990. The van der Waals surface area contributed by atoms with Crippen molar-refractivity contribution in [2.75, 3.05) is 5.32 Å². The summed E-state index contributed by atoms with van der Waals surface area (Å²) in [6, 6.07) is 16.6. The van der Waals surface area contributed by atoms with Gasteiger partial charge >= 0.3 is 5.97 Å². The van der Waals surface area contributed by atoms with Crippen LogP contribution in [0.3, 0.4) is 0 Å². The number of carboxylic acids is 1. The predicted octanol–water partition coefficient (Wildman–Crippen LogP) is 3.83. The van der Waals surface area contributed by atoms with E-state index in [4.69, 9.17) is 0 Å². The molecule has 1 unspecified atom stereocenters. The Morgan fingerprint density at radius 3 is 2.43 bits per heavy atom. The van der Waals surface area contributed by atoms with Crippen molar-refractivity contribution in [3.8, 4) is 0 Å². The van der Waals surface area contributed by atoms with Gasteiger partial charge in [-0.1, -0.05) is 42.5 Å². The standard InChI is InChI=1S/C19H17NO3/c21-16-11-14(13-6-2-1-3-7-13)10-15(12-16)20-18-9-5-4-8-17(18)19(22)23/h1-9,12,14,20H,10-11H2,(H,22,23). The molecule has 4 heteroatoms. The maximum atomic E-state index is 12.0.